The van der Waals surface area contributed by atoms with Gasteiger partial charge in [0.1, 0.15) is 6.04 Å². The van der Waals surface area contributed by atoms with Crippen LogP contribution in [0.25, 0.3) is 0 Å². The minimum absolute atomic E-state index is 0.219. The Morgan fingerprint density at radius 2 is 1.64 bits per heavy atom. The summed E-state index contributed by atoms with van der Waals surface area (Å²) in [5, 5.41) is 0.567. The first-order valence-electron chi connectivity index (χ1n) is 7.02. The van der Waals surface area contributed by atoms with Crippen LogP contribution in [0.1, 0.15) is 12.5 Å². The summed E-state index contributed by atoms with van der Waals surface area (Å²) in [4.78, 5) is 27.8. The lowest BCUT2D eigenvalue weighted by atomic mass is 10.2. The van der Waals surface area contributed by atoms with E-state index < -0.39 is 6.04 Å². The van der Waals surface area contributed by atoms with Crippen molar-refractivity contribution in [3.8, 4) is 0 Å². The van der Waals surface area contributed by atoms with Crippen LogP contribution in [0.5, 0.6) is 0 Å². The maximum atomic E-state index is 12.6. The zero-order chi connectivity index (χ0) is 15.7. The van der Waals surface area contributed by atoms with Gasteiger partial charge in [-0.2, -0.15) is 0 Å². The van der Waals surface area contributed by atoms with Crippen molar-refractivity contribution in [2.24, 2.45) is 0 Å². The van der Waals surface area contributed by atoms with Crippen molar-refractivity contribution in [3.63, 3.8) is 0 Å². The van der Waals surface area contributed by atoms with Gasteiger partial charge in [-0.3, -0.25) is 4.79 Å². The smallest absolute Gasteiger partial charge is 0.308 e. The van der Waals surface area contributed by atoms with Gasteiger partial charge in [-0.05, 0) is 36.8 Å². The maximum Gasteiger partial charge on any atom is 0.332 e. The summed E-state index contributed by atoms with van der Waals surface area (Å²) in [6.45, 7) is 2.16. The molecule has 0 aromatic heterocycles. The summed E-state index contributed by atoms with van der Waals surface area (Å²) in [7, 11) is 0. The van der Waals surface area contributed by atoms with Crippen LogP contribution in [-0.2, 0) is 11.3 Å². The number of halogens is 1. The normalized spacial score (nSPS) is 18.2. The molecule has 1 heterocycles. The number of carbonyl (C=O) groups excluding carboxylic acids is 2. The molecule has 0 spiro atoms. The molecule has 1 aliphatic rings. The molecule has 1 unspecified atom stereocenters. The second kappa shape index (κ2) is 5.81. The topological polar surface area (TPSA) is 40.6 Å². The molecule has 4 nitrogen and oxygen atoms in total. The molecule has 1 saturated heterocycles. The quantitative estimate of drug-likeness (QED) is 0.811. The van der Waals surface area contributed by atoms with E-state index in [1.807, 2.05) is 30.3 Å². The van der Waals surface area contributed by atoms with Crippen molar-refractivity contribution in [2.75, 3.05) is 4.90 Å². The van der Waals surface area contributed by atoms with E-state index in [9.17, 15) is 9.59 Å². The van der Waals surface area contributed by atoms with Gasteiger partial charge in [0, 0.05) is 11.6 Å². The fourth-order valence-corrected chi connectivity index (χ4v) is 2.65. The van der Waals surface area contributed by atoms with Gasteiger partial charge >= 0.3 is 6.03 Å². The molecule has 3 rings (SSSR count). The summed E-state index contributed by atoms with van der Waals surface area (Å²) >= 11 is 5.86. The molecule has 22 heavy (non-hydrogen) atoms. The zero-order valence-corrected chi connectivity index (χ0v) is 12.8. The molecule has 1 atom stereocenters. The van der Waals surface area contributed by atoms with E-state index in [0.29, 0.717) is 17.3 Å². The Hall–Kier alpha value is -2.33. The van der Waals surface area contributed by atoms with Gasteiger partial charge in [0.15, 0.2) is 0 Å². The van der Waals surface area contributed by atoms with Crippen molar-refractivity contribution in [1.29, 1.82) is 0 Å². The van der Waals surface area contributed by atoms with Crippen LogP contribution in [-0.4, -0.2) is 22.9 Å². The Bertz CT molecular complexity index is 700. The number of anilines is 1. The number of nitrogens with zero attached hydrogens (tertiary/aromatic N) is 2. The highest BCUT2D eigenvalue weighted by Crippen LogP contribution is 2.27. The van der Waals surface area contributed by atoms with Gasteiger partial charge in [-0.15, -0.1) is 0 Å². The zero-order valence-electron chi connectivity index (χ0n) is 12.1. The van der Waals surface area contributed by atoms with Crippen LogP contribution in [0.4, 0.5) is 10.5 Å². The molecule has 0 bridgehead atoms. The predicted octanol–water partition coefficient (Wildman–Crippen LogP) is 3.70. The lowest BCUT2D eigenvalue weighted by Crippen LogP contribution is -2.33. The van der Waals surface area contributed by atoms with Crippen molar-refractivity contribution in [3.05, 3.63) is 65.2 Å². The molecule has 2 aromatic rings. The first-order chi connectivity index (χ1) is 10.6. The average Bonchev–Trinajstić information content (AvgIpc) is 2.73. The van der Waals surface area contributed by atoms with E-state index in [1.165, 1.54) is 4.90 Å². The number of urea groups is 1. The molecular weight excluding hydrogens is 300 g/mol. The van der Waals surface area contributed by atoms with Crippen LogP contribution in [0.2, 0.25) is 5.02 Å². The Labute approximate surface area is 133 Å². The van der Waals surface area contributed by atoms with Gasteiger partial charge in [0.05, 0.1) is 5.69 Å². The summed E-state index contributed by atoms with van der Waals surface area (Å²) in [5.74, 6) is -0.219. The van der Waals surface area contributed by atoms with Crippen LogP contribution in [0.15, 0.2) is 54.6 Å². The number of benzene rings is 2. The third-order valence-electron chi connectivity index (χ3n) is 3.76. The average molecular weight is 315 g/mol. The third kappa shape index (κ3) is 2.57. The molecule has 0 saturated carbocycles. The molecule has 0 radical (unpaired) electrons. The molecular formula is C17H15ClN2O2. The molecule has 112 valence electrons. The number of amides is 3. The third-order valence-corrected chi connectivity index (χ3v) is 4.01. The van der Waals surface area contributed by atoms with E-state index in [1.54, 1.807) is 36.1 Å². The summed E-state index contributed by atoms with van der Waals surface area (Å²) in [6.07, 6.45) is 0. The highest BCUT2D eigenvalue weighted by Gasteiger charge is 2.43. The van der Waals surface area contributed by atoms with Crippen LogP contribution >= 0.6 is 11.6 Å². The molecule has 2 aromatic carbocycles. The first kappa shape index (κ1) is 14.6. The second-order valence-corrected chi connectivity index (χ2v) is 5.66. The molecule has 1 aliphatic heterocycles. The van der Waals surface area contributed by atoms with Crippen molar-refractivity contribution in [2.45, 2.75) is 19.5 Å². The van der Waals surface area contributed by atoms with Gasteiger partial charge in [0.25, 0.3) is 5.91 Å². The van der Waals surface area contributed by atoms with E-state index in [-0.39, 0.29) is 11.9 Å². The summed E-state index contributed by atoms with van der Waals surface area (Å²) in [6, 6.07) is 15.5. The molecule has 5 heteroatoms. The maximum absolute atomic E-state index is 12.6. The standard InChI is InChI=1S/C17H15ClN2O2/c1-12-16(21)20(15-9-7-14(18)8-10-15)17(22)19(12)11-13-5-3-2-4-6-13/h2-10,12H,11H2,1H3. The van der Waals surface area contributed by atoms with E-state index in [2.05, 4.69) is 0 Å². The number of hydrogen-bond donors (Lipinski definition) is 0. The number of hydrogen-bond acceptors (Lipinski definition) is 2. The van der Waals surface area contributed by atoms with E-state index >= 15 is 0 Å². The Balaban J connectivity index is 1.87. The van der Waals surface area contributed by atoms with Crippen LogP contribution in [0.3, 0.4) is 0 Å². The Morgan fingerprint density at radius 1 is 1.00 bits per heavy atom. The van der Waals surface area contributed by atoms with Gasteiger partial charge in [-0.25, -0.2) is 9.69 Å². The van der Waals surface area contributed by atoms with Gasteiger partial charge < -0.3 is 4.90 Å². The van der Waals surface area contributed by atoms with Gasteiger partial charge in [-0.1, -0.05) is 41.9 Å². The van der Waals surface area contributed by atoms with Crippen molar-refractivity contribution >= 4 is 29.2 Å². The van der Waals surface area contributed by atoms with Crippen LogP contribution in [0, 0.1) is 0 Å². The monoisotopic (exact) mass is 314 g/mol. The lowest BCUT2D eigenvalue weighted by Gasteiger charge is -2.19. The molecule has 1 fully saturated rings. The SMILES string of the molecule is CC1C(=O)N(c2ccc(Cl)cc2)C(=O)N1Cc1ccccc1. The van der Waals surface area contributed by atoms with E-state index in [4.69, 9.17) is 11.6 Å². The summed E-state index contributed by atoms with van der Waals surface area (Å²) < 4.78 is 0. The number of rotatable bonds is 3. The molecule has 3 amide bonds. The highest BCUT2D eigenvalue weighted by atomic mass is 35.5. The highest BCUT2D eigenvalue weighted by molar-refractivity contribution is 6.30. The largest absolute Gasteiger partial charge is 0.332 e. The number of carbonyl (C=O) groups is 2. The van der Waals surface area contributed by atoms with Crippen molar-refractivity contribution in [1.82, 2.24) is 4.90 Å². The predicted molar refractivity (Wildman–Crippen MR) is 85.8 cm³/mol. The molecule has 0 N–H and O–H groups in total. The summed E-state index contributed by atoms with van der Waals surface area (Å²) in [5.41, 5.74) is 1.54. The minimum atomic E-state index is -0.483. The Kier molecular flexibility index (Phi) is 3.86. The van der Waals surface area contributed by atoms with E-state index in [0.717, 1.165) is 5.56 Å². The Morgan fingerprint density at radius 3 is 2.27 bits per heavy atom. The molecule has 0 aliphatic carbocycles. The fourth-order valence-electron chi connectivity index (χ4n) is 2.52. The fraction of sp³-hybridized carbons (Fsp3) is 0.176. The van der Waals surface area contributed by atoms with Crippen molar-refractivity contribution < 1.29 is 9.59 Å². The number of imide groups is 1. The first-order valence-corrected chi connectivity index (χ1v) is 7.40. The van der Waals surface area contributed by atoms with Crippen LogP contribution < -0.4 is 4.90 Å². The second-order valence-electron chi connectivity index (χ2n) is 5.22. The minimum Gasteiger partial charge on any atom is -0.308 e. The van der Waals surface area contributed by atoms with Gasteiger partial charge in [0.2, 0.25) is 0 Å². The lowest BCUT2D eigenvalue weighted by molar-refractivity contribution is -0.119.